The molecule has 1 amide bonds. The van der Waals surface area contributed by atoms with Gasteiger partial charge in [0, 0.05) is 5.69 Å². The number of carbonyl (C=O) groups is 1. The lowest BCUT2D eigenvalue weighted by atomic mass is 10.3. The fraction of sp³-hybridized carbons (Fsp3) is 0.273. The summed E-state index contributed by atoms with van der Waals surface area (Å²) in [6.45, 7) is 1.60. The van der Waals surface area contributed by atoms with Crippen LogP contribution in [0.2, 0.25) is 0 Å². The number of hydrogen-bond donors (Lipinski definition) is 1. The van der Waals surface area contributed by atoms with Crippen molar-refractivity contribution in [3.8, 4) is 11.8 Å². The normalized spacial score (nSPS) is 11.3. The van der Waals surface area contributed by atoms with E-state index in [1.165, 1.54) is 0 Å². The van der Waals surface area contributed by atoms with Crippen LogP contribution in [0.4, 0.5) is 5.69 Å². The molecule has 84 valence electrons. The molecule has 1 atom stereocenters. The van der Waals surface area contributed by atoms with Crippen LogP contribution in [0, 0.1) is 11.3 Å². The van der Waals surface area contributed by atoms with E-state index in [0.717, 1.165) is 0 Å². The molecule has 0 saturated carbocycles. The first-order chi connectivity index (χ1) is 7.63. The van der Waals surface area contributed by atoms with Crippen LogP contribution in [0.15, 0.2) is 24.3 Å². The number of nitriles is 1. The Kier molecular flexibility index (Phi) is 4.62. The van der Waals surface area contributed by atoms with Gasteiger partial charge in [0.2, 0.25) is 5.91 Å². The smallest absolute Gasteiger partial charge is 0.242 e. The Morgan fingerprint density at radius 1 is 1.56 bits per heavy atom. The summed E-state index contributed by atoms with van der Waals surface area (Å²) in [5.74, 6) is 0.325. The summed E-state index contributed by atoms with van der Waals surface area (Å²) in [5.41, 5.74) is 0.641. The molecule has 1 rings (SSSR count). The predicted octanol–water partition coefficient (Wildman–Crippen LogP) is 2.15. The first kappa shape index (κ1) is 12.3. The number of anilines is 1. The largest absolute Gasteiger partial charge is 0.479 e. The van der Waals surface area contributed by atoms with Crippen LogP contribution < -0.4 is 10.1 Å². The Morgan fingerprint density at radius 2 is 2.19 bits per heavy atom. The summed E-state index contributed by atoms with van der Waals surface area (Å²) in [6, 6.07) is 8.58. The van der Waals surface area contributed by atoms with Crippen molar-refractivity contribution in [2.45, 2.75) is 12.3 Å². The molecule has 1 N–H and O–H groups in total. The second-order valence-corrected chi connectivity index (χ2v) is 3.73. The Hall–Kier alpha value is -1.73. The minimum Gasteiger partial charge on any atom is -0.479 e. The van der Waals surface area contributed by atoms with Crippen molar-refractivity contribution >= 4 is 23.2 Å². The van der Waals surface area contributed by atoms with Crippen molar-refractivity contribution in [1.29, 1.82) is 5.26 Å². The van der Waals surface area contributed by atoms with Gasteiger partial charge in [-0.15, -0.1) is 11.6 Å². The van der Waals surface area contributed by atoms with Crippen LogP contribution in [0.25, 0.3) is 0 Å². The molecule has 4 nitrogen and oxygen atoms in total. The summed E-state index contributed by atoms with van der Waals surface area (Å²) < 4.78 is 5.06. The zero-order valence-electron chi connectivity index (χ0n) is 8.74. The number of nitrogens with one attached hydrogen (secondary N) is 1. The molecule has 0 fully saturated rings. The molecule has 0 aliphatic carbocycles. The van der Waals surface area contributed by atoms with Gasteiger partial charge < -0.3 is 10.1 Å². The number of benzene rings is 1. The third-order valence-corrected chi connectivity index (χ3v) is 1.98. The Balaban J connectivity index is 2.58. The minimum absolute atomic E-state index is 0.00438. The van der Waals surface area contributed by atoms with Gasteiger partial charge in [-0.1, -0.05) is 0 Å². The number of alkyl halides is 1. The molecular weight excluding hydrogens is 228 g/mol. The third-order valence-electron chi connectivity index (χ3n) is 1.79. The van der Waals surface area contributed by atoms with Gasteiger partial charge in [-0.05, 0) is 31.2 Å². The number of nitrogens with zero attached hydrogens (tertiary/aromatic N) is 1. The van der Waals surface area contributed by atoms with Gasteiger partial charge in [0.1, 0.15) is 17.2 Å². The quantitative estimate of drug-likeness (QED) is 0.818. The van der Waals surface area contributed by atoms with Crippen molar-refractivity contribution in [2.75, 3.05) is 11.9 Å². The second-order valence-electron chi connectivity index (χ2n) is 3.08. The topological polar surface area (TPSA) is 62.1 Å². The molecule has 1 aromatic rings. The van der Waals surface area contributed by atoms with E-state index in [1.807, 2.05) is 6.07 Å². The van der Waals surface area contributed by atoms with Crippen LogP contribution in [0.5, 0.6) is 5.75 Å². The van der Waals surface area contributed by atoms with E-state index in [0.29, 0.717) is 11.4 Å². The van der Waals surface area contributed by atoms with E-state index in [2.05, 4.69) is 5.32 Å². The summed E-state index contributed by atoms with van der Waals surface area (Å²) in [6.07, 6.45) is 0. The Bertz CT molecular complexity index is 395. The van der Waals surface area contributed by atoms with Crippen LogP contribution in [-0.2, 0) is 4.79 Å². The number of halogens is 1. The first-order valence-electron chi connectivity index (χ1n) is 4.68. The van der Waals surface area contributed by atoms with Gasteiger partial charge in [0.15, 0.2) is 6.61 Å². The summed E-state index contributed by atoms with van der Waals surface area (Å²) in [5, 5.41) is 10.4. The lowest BCUT2D eigenvalue weighted by Crippen LogP contribution is -2.20. The number of amides is 1. The van der Waals surface area contributed by atoms with Crippen LogP contribution >= 0.6 is 11.6 Å². The maximum absolute atomic E-state index is 11.3. The second kappa shape index (κ2) is 5.99. The zero-order chi connectivity index (χ0) is 12.0. The average molecular weight is 239 g/mol. The SMILES string of the molecule is CC(Cl)C(=O)Nc1ccc(OCC#N)cc1. The van der Waals surface area contributed by atoms with Gasteiger partial charge in [-0.3, -0.25) is 4.79 Å². The van der Waals surface area contributed by atoms with Gasteiger partial charge >= 0.3 is 0 Å². The highest BCUT2D eigenvalue weighted by Gasteiger charge is 2.08. The van der Waals surface area contributed by atoms with Crippen LogP contribution in [0.1, 0.15) is 6.92 Å². The molecule has 0 heterocycles. The molecule has 16 heavy (non-hydrogen) atoms. The highest BCUT2D eigenvalue weighted by atomic mass is 35.5. The summed E-state index contributed by atoms with van der Waals surface area (Å²) in [7, 11) is 0. The van der Waals surface area contributed by atoms with Crippen molar-refractivity contribution in [1.82, 2.24) is 0 Å². The third kappa shape index (κ3) is 3.79. The highest BCUT2D eigenvalue weighted by molar-refractivity contribution is 6.32. The standard InChI is InChI=1S/C11H11ClN2O2/c1-8(12)11(15)14-9-2-4-10(5-3-9)16-7-6-13/h2-5,8H,7H2,1H3,(H,14,15). The lowest BCUT2D eigenvalue weighted by Gasteiger charge is -2.07. The van der Waals surface area contributed by atoms with Crippen molar-refractivity contribution < 1.29 is 9.53 Å². The van der Waals surface area contributed by atoms with Crippen molar-refractivity contribution in [3.63, 3.8) is 0 Å². The molecule has 1 aromatic carbocycles. The number of ether oxygens (including phenoxy) is 1. The van der Waals surface area contributed by atoms with E-state index in [-0.39, 0.29) is 12.5 Å². The molecule has 0 bridgehead atoms. The van der Waals surface area contributed by atoms with Crippen LogP contribution in [-0.4, -0.2) is 17.9 Å². The summed E-state index contributed by atoms with van der Waals surface area (Å²) in [4.78, 5) is 11.3. The zero-order valence-corrected chi connectivity index (χ0v) is 9.49. The maximum atomic E-state index is 11.3. The highest BCUT2D eigenvalue weighted by Crippen LogP contribution is 2.16. The van der Waals surface area contributed by atoms with Crippen LogP contribution in [0.3, 0.4) is 0 Å². The van der Waals surface area contributed by atoms with Gasteiger partial charge in [-0.25, -0.2) is 0 Å². The van der Waals surface area contributed by atoms with E-state index < -0.39 is 5.38 Å². The molecular formula is C11H11ClN2O2. The van der Waals surface area contributed by atoms with E-state index >= 15 is 0 Å². The monoisotopic (exact) mass is 238 g/mol. The van der Waals surface area contributed by atoms with Gasteiger partial charge in [-0.2, -0.15) is 5.26 Å². The molecule has 0 saturated heterocycles. The first-order valence-corrected chi connectivity index (χ1v) is 5.12. The fourth-order valence-corrected chi connectivity index (χ4v) is 1.05. The number of carbonyl (C=O) groups excluding carboxylic acids is 1. The molecule has 1 unspecified atom stereocenters. The average Bonchev–Trinajstić information content (AvgIpc) is 2.28. The van der Waals surface area contributed by atoms with E-state index in [4.69, 9.17) is 21.6 Å². The van der Waals surface area contributed by atoms with Gasteiger partial charge in [0.05, 0.1) is 0 Å². The number of hydrogen-bond acceptors (Lipinski definition) is 3. The van der Waals surface area contributed by atoms with E-state index in [1.54, 1.807) is 31.2 Å². The number of rotatable bonds is 4. The van der Waals surface area contributed by atoms with E-state index in [9.17, 15) is 4.79 Å². The fourth-order valence-electron chi connectivity index (χ4n) is 0.992. The van der Waals surface area contributed by atoms with Crippen molar-refractivity contribution in [2.24, 2.45) is 0 Å². The lowest BCUT2D eigenvalue weighted by molar-refractivity contribution is -0.115. The maximum Gasteiger partial charge on any atom is 0.242 e. The summed E-state index contributed by atoms with van der Waals surface area (Å²) >= 11 is 5.61. The minimum atomic E-state index is -0.575. The molecule has 0 spiro atoms. The Labute approximate surface area is 98.8 Å². The Morgan fingerprint density at radius 3 is 2.69 bits per heavy atom. The molecule has 0 aliphatic heterocycles. The van der Waals surface area contributed by atoms with Gasteiger partial charge in [0.25, 0.3) is 0 Å². The molecule has 0 radical (unpaired) electrons. The molecule has 0 aliphatic rings. The predicted molar refractivity (Wildman–Crippen MR) is 61.5 cm³/mol. The van der Waals surface area contributed by atoms with Crippen molar-refractivity contribution in [3.05, 3.63) is 24.3 Å². The molecule has 0 aromatic heterocycles. The molecule has 5 heteroatoms.